The highest BCUT2D eigenvalue weighted by molar-refractivity contribution is 6.02. The van der Waals surface area contributed by atoms with Gasteiger partial charge in [-0.15, -0.1) is 0 Å². The van der Waals surface area contributed by atoms with E-state index in [1.807, 2.05) is 35.2 Å². The van der Waals surface area contributed by atoms with Gasteiger partial charge in [0.2, 0.25) is 5.95 Å². The van der Waals surface area contributed by atoms with E-state index < -0.39 is 0 Å². The van der Waals surface area contributed by atoms with Crippen LogP contribution in [0.3, 0.4) is 0 Å². The molecule has 3 aromatic rings. The Balaban J connectivity index is 1.48. The minimum Gasteiger partial charge on any atom is -0.337 e. The van der Waals surface area contributed by atoms with Gasteiger partial charge in [0.15, 0.2) is 0 Å². The molecule has 152 valence electrons. The average Bonchev–Trinajstić information content (AvgIpc) is 3.30. The minimum atomic E-state index is -0.0241. The zero-order chi connectivity index (χ0) is 20.5. The molecule has 0 unspecified atom stereocenters. The van der Waals surface area contributed by atoms with Gasteiger partial charge in [0.1, 0.15) is 0 Å². The summed E-state index contributed by atoms with van der Waals surface area (Å²) in [6.07, 6.45) is 5.12. The first-order chi connectivity index (χ1) is 14.7. The molecule has 5 rings (SSSR count). The predicted molar refractivity (Wildman–Crippen MR) is 115 cm³/mol. The van der Waals surface area contributed by atoms with Crippen molar-refractivity contribution in [2.75, 3.05) is 31.1 Å². The number of nitrogens with zero attached hydrogens (tertiary/aromatic N) is 5. The zero-order valence-corrected chi connectivity index (χ0v) is 16.7. The summed E-state index contributed by atoms with van der Waals surface area (Å²) in [6.45, 7) is 3.26. The predicted octanol–water partition coefficient (Wildman–Crippen LogP) is 2.21. The molecule has 0 atom stereocenters. The highest BCUT2D eigenvalue weighted by Crippen LogP contribution is 2.29. The first kappa shape index (κ1) is 18.5. The maximum atomic E-state index is 13.7. The smallest absolute Gasteiger partial charge is 0.256 e. The van der Waals surface area contributed by atoms with Crippen molar-refractivity contribution in [3.05, 3.63) is 76.5 Å². The van der Waals surface area contributed by atoms with Crippen molar-refractivity contribution >= 4 is 11.9 Å². The third-order valence-electron chi connectivity index (χ3n) is 5.91. The standard InChI is InChI=1S/C23H23N5O2/c29-20-16-18(17-6-2-1-3-7-17)21(19-8-4-11-28(19)20)22(30)26-12-14-27(15-13-26)23-24-9-5-10-25-23/h1-3,5-7,9-10,16H,4,8,11-15H2. The molecule has 0 N–H and O–H groups in total. The zero-order valence-electron chi connectivity index (χ0n) is 16.7. The number of aromatic nitrogens is 3. The molecule has 0 saturated carbocycles. The van der Waals surface area contributed by atoms with E-state index in [0.717, 1.165) is 29.7 Å². The Hall–Kier alpha value is -3.48. The molecule has 4 heterocycles. The van der Waals surface area contributed by atoms with Crippen LogP contribution >= 0.6 is 0 Å². The van der Waals surface area contributed by atoms with E-state index in [1.165, 1.54) is 0 Å². The number of hydrogen-bond donors (Lipinski definition) is 0. The van der Waals surface area contributed by atoms with Gasteiger partial charge in [-0.3, -0.25) is 9.59 Å². The van der Waals surface area contributed by atoms with E-state index in [-0.39, 0.29) is 11.5 Å². The molecule has 1 saturated heterocycles. The second-order valence-corrected chi connectivity index (χ2v) is 7.67. The number of carbonyl (C=O) groups excluding carboxylic acids is 1. The van der Waals surface area contributed by atoms with Crippen LogP contribution in [0.4, 0.5) is 5.95 Å². The van der Waals surface area contributed by atoms with E-state index in [2.05, 4.69) is 14.9 Å². The lowest BCUT2D eigenvalue weighted by atomic mass is 9.96. The van der Waals surface area contributed by atoms with Crippen LogP contribution in [0, 0.1) is 0 Å². The SMILES string of the molecule is O=C(c1c(-c2ccccc2)cc(=O)n2c1CCC2)N1CCN(c2ncccn2)CC1. The van der Waals surface area contributed by atoms with Crippen molar-refractivity contribution < 1.29 is 4.79 Å². The minimum absolute atomic E-state index is 0.00753. The lowest BCUT2D eigenvalue weighted by Crippen LogP contribution is -2.49. The molecule has 1 aromatic carbocycles. The van der Waals surface area contributed by atoms with E-state index in [4.69, 9.17) is 0 Å². The fraction of sp³-hybridized carbons (Fsp3) is 0.304. The summed E-state index contributed by atoms with van der Waals surface area (Å²) < 4.78 is 1.77. The Kier molecular flexibility index (Phi) is 4.78. The number of pyridine rings is 1. The number of rotatable bonds is 3. The maximum absolute atomic E-state index is 13.7. The second-order valence-electron chi connectivity index (χ2n) is 7.67. The molecule has 0 spiro atoms. The number of piperazine rings is 1. The van der Waals surface area contributed by atoms with Gasteiger partial charge in [0.05, 0.1) is 5.56 Å². The van der Waals surface area contributed by atoms with Gasteiger partial charge in [-0.05, 0) is 24.5 Å². The fourth-order valence-electron chi connectivity index (χ4n) is 4.41. The summed E-state index contributed by atoms with van der Waals surface area (Å²) in [7, 11) is 0. The molecule has 2 aliphatic heterocycles. The van der Waals surface area contributed by atoms with Crippen molar-refractivity contribution in [1.82, 2.24) is 19.4 Å². The van der Waals surface area contributed by atoms with Crippen molar-refractivity contribution in [2.24, 2.45) is 0 Å². The Bertz CT molecular complexity index is 1120. The first-order valence-electron chi connectivity index (χ1n) is 10.4. The molecule has 1 amide bonds. The molecule has 0 aliphatic carbocycles. The third-order valence-corrected chi connectivity index (χ3v) is 5.91. The monoisotopic (exact) mass is 401 g/mol. The van der Waals surface area contributed by atoms with Gasteiger partial charge >= 0.3 is 0 Å². The number of fused-ring (bicyclic) bond motifs is 1. The van der Waals surface area contributed by atoms with Crippen LogP contribution in [0.1, 0.15) is 22.5 Å². The van der Waals surface area contributed by atoms with Crippen molar-refractivity contribution in [1.29, 1.82) is 0 Å². The molecule has 7 heteroatoms. The molecule has 30 heavy (non-hydrogen) atoms. The van der Waals surface area contributed by atoms with Gasteiger partial charge in [0.25, 0.3) is 11.5 Å². The summed E-state index contributed by atoms with van der Waals surface area (Å²) in [4.78, 5) is 39.0. The largest absolute Gasteiger partial charge is 0.337 e. The van der Waals surface area contributed by atoms with Crippen LogP contribution in [0.25, 0.3) is 11.1 Å². The second kappa shape index (κ2) is 7.74. The fourth-order valence-corrected chi connectivity index (χ4v) is 4.41. The van der Waals surface area contributed by atoms with E-state index in [9.17, 15) is 9.59 Å². The molecule has 0 bridgehead atoms. The number of carbonyl (C=O) groups is 1. The topological polar surface area (TPSA) is 71.3 Å². The van der Waals surface area contributed by atoms with E-state index in [1.54, 1.807) is 29.1 Å². The summed E-state index contributed by atoms with van der Waals surface area (Å²) in [5.41, 5.74) is 3.18. The highest BCUT2D eigenvalue weighted by Gasteiger charge is 2.30. The van der Waals surface area contributed by atoms with Crippen LogP contribution in [0.2, 0.25) is 0 Å². The highest BCUT2D eigenvalue weighted by atomic mass is 16.2. The van der Waals surface area contributed by atoms with Gasteiger partial charge in [-0.2, -0.15) is 0 Å². The van der Waals surface area contributed by atoms with E-state index >= 15 is 0 Å². The van der Waals surface area contributed by atoms with Crippen LogP contribution < -0.4 is 10.5 Å². The number of hydrogen-bond acceptors (Lipinski definition) is 5. The van der Waals surface area contributed by atoms with Crippen LogP contribution in [-0.2, 0) is 13.0 Å². The number of benzene rings is 1. The first-order valence-corrected chi connectivity index (χ1v) is 10.4. The number of amides is 1. The van der Waals surface area contributed by atoms with Crippen LogP contribution in [0.5, 0.6) is 0 Å². The molecular weight excluding hydrogens is 378 g/mol. The summed E-state index contributed by atoms with van der Waals surface area (Å²) >= 11 is 0. The van der Waals surface area contributed by atoms with Crippen LogP contribution in [-0.4, -0.2) is 51.5 Å². The molecule has 2 aliphatic rings. The number of anilines is 1. The Morgan fingerprint density at radius 2 is 1.63 bits per heavy atom. The Labute approximate surface area is 174 Å². The van der Waals surface area contributed by atoms with Gasteiger partial charge in [-0.1, -0.05) is 30.3 Å². The molecular formula is C23H23N5O2. The third kappa shape index (κ3) is 3.26. The lowest BCUT2D eigenvalue weighted by molar-refractivity contribution is 0.0745. The van der Waals surface area contributed by atoms with Crippen molar-refractivity contribution in [2.45, 2.75) is 19.4 Å². The normalized spacial score (nSPS) is 15.9. The summed E-state index contributed by atoms with van der Waals surface area (Å²) in [6, 6.07) is 13.2. The summed E-state index contributed by atoms with van der Waals surface area (Å²) in [5.74, 6) is 0.704. The van der Waals surface area contributed by atoms with Gasteiger partial charge in [0, 0.05) is 62.4 Å². The van der Waals surface area contributed by atoms with Gasteiger partial charge in [-0.25, -0.2) is 9.97 Å². The molecule has 7 nitrogen and oxygen atoms in total. The quantitative estimate of drug-likeness (QED) is 0.673. The van der Waals surface area contributed by atoms with E-state index in [0.29, 0.717) is 44.2 Å². The molecule has 1 fully saturated rings. The Morgan fingerprint density at radius 1 is 0.900 bits per heavy atom. The summed E-state index contributed by atoms with van der Waals surface area (Å²) in [5, 5.41) is 0. The molecule has 0 radical (unpaired) electrons. The van der Waals surface area contributed by atoms with Gasteiger partial charge < -0.3 is 14.4 Å². The Morgan fingerprint density at radius 3 is 2.37 bits per heavy atom. The lowest BCUT2D eigenvalue weighted by Gasteiger charge is -2.35. The van der Waals surface area contributed by atoms with Crippen molar-refractivity contribution in [3.63, 3.8) is 0 Å². The average molecular weight is 401 g/mol. The van der Waals surface area contributed by atoms with Crippen LogP contribution in [0.15, 0.2) is 59.7 Å². The maximum Gasteiger partial charge on any atom is 0.256 e. The molecule has 2 aromatic heterocycles. The van der Waals surface area contributed by atoms with Crippen molar-refractivity contribution in [3.8, 4) is 11.1 Å².